The predicted octanol–water partition coefficient (Wildman–Crippen LogP) is 3.67. The van der Waals surface area contributed by atoms with Gasteiger partial charge < -0.3 is 24.8 Å². The number of hydrogen-bond acceptors (Lipinski definition) is 6. The maximum atomic E-state index is 12.6. The first-order valence-electron chi connectivity index (χ1n) is 11.3. The molecule has 0 bridgehead atoms. The van der Waals surface area contributed by atoms with Crippen LogP contribution in [0.1, 0.15) is 18.4 Å². The zero-order valence-corrected chi connectivity index (χ0v) is 21.0. The Balaban J connectivity index is 0.00000216. The van der Waals surface area contributed by atoms with Crippen molar-refractivity contribution in [2.24, 2.45) is 5.92 Å². The Hall–Kier alpha value is -2.75. The lowest BCUT2D eigenvalue weighted by molar-refractivity contribution is -0.0324. The van der Waals surface area contributed by atoms with E-state index in [9.17, 15) is 14.7 Å². The predicted molar refractivity (Wildman–Crippen MR) is 135 cm³/mol. The molecule has 9 nitrogen and oxygen atoms in total. The fourth-order valence-corrected chi connectivity index (χ4v) is 4.76. The molecule has 0 aliphatic carbocycles. The average Bonchev–Trinajstić information content (AvgIpc) is 2.87. The van der Waals surface area contributed by atoms with Gasteiger partial charge in [0.2, 0.25) is 0 Å². The second kappa shape index (κ2) is 13.4. The van der Waals surface area contributed by atoms with Crippen molar-refractivity contribution < 1.29 is 24.2 Å². The van der Waals surface area contributed by atoms with Crippen LogP contribution in [0, 0.1) is 5.92 Å². The summed E-state index contributed by atoms with van der Waals surface area (Å²) in [5.74, 6) is 0.644. The van der Waals surface area contributed by atoms with Crippen LogP contribution in [0.4, 0.5) is 9.59 Å². The topological polar surface area (TPSA) is 104 Å². The molecule has 2 amide bonds. The lowest BCUT2D eigenvalue weighted by Crippen LogP contribution is -2.69. The summed E-state index contributed by atoms with van der Waals surface area (Å²) < 4.78 is 11.5. The van der Waals surface area contributed by atoms with Crippen molar-refractivity contribution in [2.45, 2.75) is 25.0 Å². The third-order valence-electron chi connectivity index (χ3n) is 6.55. The second-order valence-corrected chi connectivity index (χ2v) is 8.49. The number of piperidine rings is 1. The number of amides is 2. The summed E-state index contributed by atoms with van der Waals surface area (Å²) in [5, 5.41) is 13.3. The number of halogens is 2. The van der Waals surface area contributed by atoms with Gasteiger partial charge in [-0.15, -0.1) is 24.8 Å². The molecule has 2 aliphatic heterocycles. The zero-order chi connectivity index (χ0) is 23.1. The summed E-state index contributed by atoms with van der Waals surface area (Å²) in [6.07, 6.45) is 3.34. The zero-order valence-electron chi connectivity index (χ0n) is 19.4. The Bertz CT molecular complexity index is 932. The van der Waals surface area contributed by atoms with Crippen LogP contribution >= 0.6 is 24.8 Å². The maximum absolute atomic E-state index is 12.6. The van der Waals surface area contributed by atoms with Crippen LogP contribution in [0.15, 0.2) is 54.9 Å². The Morgan fingerprint density at radius 3 is 2.49 bits per heavy atom. The van der Waals surface area contributed by atoms with E-state index in [0.29, 0.717) is 51.3 Å². The monoisotopic (exact) mass is 526 g/mol. The van der Waals surface area contributed by atoms with Crippen LogP contribution in [0.2, 0.25) is 0 Å². The molecule has 1 unspecified atom stereocenters. The molecule has 35 heavy (non-hydrogen) atoms. The number of piperazine rings is 1. The van der Waals surface area contributed by atoms with Crippen molar-refractivity contribution in [2.75, 3.05) is 39.3 Å². The average molecular weight is 527 g/mol. The number of nitrogens with one attached hydrogen (secondary N) is 1. The number of carboxylic acid groups (broad SMARTS) is 1. The molecule has 11 heteroatoms. The van der Waals surface area contributed by atoms with E-state index < -0.39 is 11.6 Å². The molecular formula is C24H32Cl2N4O5. The van der Waals surface area contributed by atoms with Gasteiger partial charge in [-0.2, -0.15) is 0 Å². The number of ether oxygens (including phenoxy) is 2. The second-order valence-electron chi connectivity index (χ2n) is 8.49. The molecule has 2 aliphatic rings. The molecule has 4 rings (SSSR count). The first kappa shape index (κ1) is 28.5. The fraction of sp³-hybridized carbons (Fsp3) is 0.458. The van der Waals surface area contributed by atoms with E-state index in [-0.39, 0.29) is 50.0 Å². The van der Waals surface area contributed by atoms with Crippen molar-refractivity contribution >= 4 is 37.0 Å². The highest BCUT2D eigenvalue weighted by atomic mass is 35.5. The van der Waals surface area contributed by atoms with E-state index in [4.69, 9.17) is 9.47 Å². The van der Waals surface area contributed by atoms with Crippen molar-refractivity contribution in [1.29, 1.82) is 0 Å². The maximum Gasteiger partial charge on any atom is 0.410 e. The van der Waals surface area contributed by atoms with Crippen LogP contribution in [0.3, 0.4) is 0 Å². The Kier molecular flexibility index (Phi) is 10.9. The standard InChI is InChI=1S/C24H30N4O5.2ClH/c29-22(30)28-14-11-26-17-24(28,18-33-21-7-4-10-25-15-21)20-8-12-27(13-9-20)23(31)32-16-19-5-2-1-3-6-19;;/h1-7,10,15,20,26H,8-9,11-14,16-18H2,(H,29,30);2*1H. The highest BCUT2D eigenvalue weighted by molar-refractivity contribution is 5.85. The first-order valence-corrected chi connectivity index (χ1v) is 11.3. The van der Waals surface area contributed by atoms with Gasteiger partial charge in [-0.25, -0.2) is 9.59 Å². The van der Waals surface area contributed by atoms with E-state index in [1.165, 1.54) is 4.90 Å². The van der Waals surface area contributed by atoms with Crippen LogP contribution in [-0.2, 0) is 11.3 Å². The summed E-state index contributed by atoms with van der Waals surface area (Å²) in [4.78, 5) is 32.0. The molecule has 0 spiro atoms. The third kappa shape index (κ3) is 6.90. The van der Waals surface area contributed by atoms with Gasteiger partial charge in [-0.3, -0.25) is 9.88 Å². The number of rotatable bonds is 6. The number of benzene rings is 1. The number of pyridine rings is 1. The van der Waals surface area contributed by atoms with E-state index in [0.717, 1.165) is 5.56 Å². The highest BCUT2D eigenvalue weighted by Crippen LogP contribution is 2.35. The van der Waals surface area contributed by atoms with Gasteiger partial charge in [0.1, 0.15) is 19.0 Å². The number of carbonyl (C=O) groups is 2. The van der Waals surface area contributed by atoms with Crippen molar-refractivity contribution in [3.05, 3.63) is 60.4 Å². The molecule has 3 heterocycles. The molecule has 2 aromatic rings. The molecule has 0 saturated carbocycles. The van der Waals surface area contributed by atoms with Crippen molar-refractivity contribution in [3.63, 3.8) is 0 Å². The minimum atomic E-state index is -0.948. The van der Waals surface area contributed by atoms with Crippen LogP contribution in [0.25, 0.3) is 0 Å². The number of hydrogen-bond donors (Lipinski definition) is 2. The fourth-order valence-electron chi connectivity index (χ4n) is 4.76. The van der Waals surface area contributed by atoms with Gasteiger partial charge in [0.05, 0.1) is 11.7 Å². The lowest BCUT2D eigenvalue weighted by Gasteiger charge is -2.51. The molecular weight excluding hydrogens is 495 g/mol. The third-order valence-corrected chi connectivity index (χ3v) is 6.55. The van der Waals surface area contributed by atoms with Crippen LogP contribution in [0.5, 0.6) is 5.75 Å². The summed E-state index contributed by atoms with van der Waals surface area (Å²) >= 11 is 0. The number of aromatic nitrogens is 1. The highest BCUT2D eigenvalue weighted by Gasteiger charge is 2.49. The van der Waals surface area contributed by atoms with E-state index in [1.807, 2.05) is 36.4 Å². The molecule has 0 radical (unpaired) electrons. The molecule has 2 N–H and O–H groups in total. The van der Waals surface area contributed by atoms with Gasteiger partial charge in [0.15, 0.2) is 0 Å². The Labute approximate surface area is 217 Å². The largest absolute Gasteiger partial charge is 0.489 e. The normalized spacial score (nSPS) is 20.2. The van der Waals surface area contributed by atoms with Crippen LogP contribution < -0.4 is 10.1 Å². The summed E-state index contributed by atoms with van der Waals surface area (Å²) in [6.45, 7) is 2.99. The Morgan fingerprint density at radius 1 is 1.09 bits per heavy atom. The van der Waals surface area contributed by atoms with E-state index in [1.54, 1.807) is 23.4 Å². The lowest BCUT2D eigenvalue weighted by atomic mass is 9.75. The van der Waals surface area contributed by atoms with E-state index >= 15 is 0 Å². The molecule has 192 valence electrons. The molecule has 1 aromatic carbocycles. The summed E-state index contributed by atoms with van der Waals surface area (Å²) in [6, 6.07) is 13.2. The number of carbonyl (C=O) groups excluding carboxylic acids is 1. The van der Waals surface area contributed by atoms with Crippen LogP contribution in [-0.4, -0.2) is 76.9 Å². The van der Waals surface area contributed by atoms with Gasteiger partial charge in [-0.05, 0) is 36.5 Å². The van der Waals surface area contributed by atoms with Gasteiger partial charge >= 0.3 is 12.2 Å². The molecule has 2 fully saturated rings. The number of nitrogens with zero attached hydrogens (tertiary/aromatic N) is 3. The molecule has 2 saturated heterocycles. The minimum absolute atomic E-state index is 0. The Morgan fingerprint density at radius 2 is 1.83 bits per heavy atom. The minimum Gasteiger partial charge on any atom is -0.489 e. The van der Waals surface area contributed by atoms with Gasteiger partial charge in [0.25, 0.3) is 0 Å². The SMILES string of the molecule is Cl.Cl.O=C(OCc1ccccc1)N1CCC(C2(COc3cccnc3)CNCCN2C(=O)O)CC1. The molecule has 1 aromatic heterocycles. The number of likely N-dealkylation sites (tertiary alicyclic amines) is 1. The summed E-state index contributed by atoms with van der Waals surface area (Å²) in [7, 11) is 0. The smallest absolute Gasteiger partial charge is 0.410 e. The van der Waals surface area contributed by atoms with Crippen molar-refractivity contribution in [3.8, 4) is 5.75 Å². The summed E-state index contributed by atoms with van der Waals surface area (Å²) in [5.41, 5.74) is 0.220. The van der Waals surface area contributed by atoms with Crippen molar-refractivity contribution in [1.82, 2.24) is 20.1 Å². The first-order chi connectivity index (χ1) is 16.1. The van der Waals surface area contributed by atoms with E-state index in [2.05, 4.69) is 10.3 Å². The van der Waals surface area contributed by atoms with Gasteiger partial charge in [0, 0.05) is 38.9 Å². The van der Waals surface area contributed by atoms with Gasteiger partial charge in [-0.1, -0.05) is 30.3 Å². The quantitative estimate of drug-likeness (QED) is 0.591. The molecule has 1 atom stereocenters.